The maximum atomic E-state index is 12.6. The van der Waals surface area contributed by atoms with Crippen molar-refractivity contribution in [2.45, 2.75) is 19.9 Å². The van der Waals surface area contributed by atoms with Crippen LogP contribution in [0.25, 0.3) is 10.8 Å². The molecule has 0 aliphatic heterocycles. The SMILES string of the molecule is CCCn1nc(C(=O)NNC(=S)NCC[NH+](C)C)c2ccccc2c1=O. The summed E-state index contributed by atoms with van der Waals surface area (Å²) in [4.78, 5) is 26.3. The second kappa shape index (κ2) is 9.25. The summed E-state index contributed by atoms with van der Waals surface area (Å²) >= 11 is 5.14. The van der Waals surface area contributed by atoms with Gasteiger partial charge < -0.3 is 10.2 Å². The lowest BCUT2D eigenvalue weighted by atomic mass is 10.1. The third-order valence-corrected chi connectivity index (χ3v) is 3.96. The summed E-state index contributed by atoms with van der Waals surface area (Å²) in [5, 5.41) is 8.55. The number of aryl methyl sites for hydroxylation is 1. The van der Waals surface area contributed by atoms with Crippen molar-refractivity contribution in [3.8, 4) is 0 Å². The van der Waals surface area contributed by atoms with Gasteiger partial charge in [-0.1, -0.05) is 25.1 Å². The average Bonchev–Trinajstić information content (AvgIpc) is 2.62. The standard InChI is InChI=1S/C17H24N6O2S/c1-4-10-23-16(25)13-8-6-5-7-12(13)14(21-23)15(24)19-20-17(26)18-9-11-22(2)3/h5-8H,4,9-11H2,1-3H3,(H,19,24)(H2,18,20,26)/p+1. The number of nitrogens with one attached hydrogen (secondary N) is 4. The highest BCUT2D eigenvalue weighted by Gasteiger charge is 2.16. The fourth-order valence-corrected chi connectivity index (χ4v) is 2.56. The lowest BCUT2D eigenvalue weighted by Crippen LogP contribution is -3.06. The molecule has 0 spiro atoms. The lowest BCUT2D eigenvalue weighted by molar-refractivity contribution is -0.856. The quantitative estimate of drug-likeness (QED) is 0.384. The zero-order valence-electron chi connectivity index (χ0n) is 15.3. The first kappa shape index (κ1) is 19.8. The molecule has 0 saturated carbocycles. The zero-order valence-corrected chi connectivity index (χ0v) is 16.1. The van der Waals surface area contributed by atoms with Gasteiger partial charge in [-0.2, -0.15) is 5.10 Å². The van der Waals surface area contributed by atoms with Gasteiger partial charge in [0.1, 0.15) is 0 Å². The van der Waals surface area contributed by atoms with Crippen LogP contribution >= 0.6 is 12.2 Å². The molecule has 0 unspecified atom stereocenters. The molecule has 9 heteroatoms. The normalized spacial score (nSPS) is 10.8. The van der Waals surface area contributed by atoms with Crippen molar-refractivity contribution >= 4 is 34.0 Å². The summed E-state index contributed by atoms with van der Waals surface area (Å²) in [6.07, 6.45) is 0.742. The highest BCUT2D eigenvalue weighted by molar-refractivity contribution is 7.80. The summed E-state index contributed by atoms with van der Waals surface area (Å²) in [5.41, 5.74) is 5.19. The highest BCUT2D eigenvalue weighted by Crippen LogP contribution is 2.13. The molecule has 1 amide bonds. The number of aromatic nitrogens is 2. The molecular formula is C17H25N6O2S+. The number of hydrogen-bond donors (Lipinski definition) is 4. The molecule has 0 bridgehead atoms. The Morgan fingerprint density at radius 1 is 1.23 bits per heavy atom. The van der Waals surface area contributed by atoms with Gasteiger partial charge in [-0.05, 0) is 24.7 Å². The van der Waals surface area contributed by atoms with Gasteiger partial charge in [-0.25, -0.2) is 4.68 Å². The van der Waals surface area contributed by atoms with Gasteiger partial charge in [0.2, 0.25) is 0 Å². The summed E-state index contributed by atoms with van der Waals surface area (Å²) in [7, 11) is 4.09. The Morgan fingerprint density at radius 3 is 2.58 bits per heavy atom. The monoisotopic (exact) mass is 377 g/mol. The minimum absolute atomic E-state index is 0.182. The van der Waals surface area contributed by atoms with E-state index in [1.165, 1.54) is 9.58 Å². The molecule has 8 nitrogen and oxygen atoms in total. The Kier molecular flexibility index (Phi) is 7.05. The van der Waals surface area contributed by atoms with Gasteiger partial charge in [0.15, 0.2) is 10.8 Å². The number of thiocarbonyl (C=S) groups is 1. The molecule has 2 rings (SSSR count). The van der Waals surface area contributed by atoms with E-state index in [-0.39, 0.29) is 11.3 Å². The second-order valence-electron chi connectivity index (χ2n) is 6.21. The van der Waals surface area contributed by atoms with E-state index < -0.39 is 5.91 Å². The number of hydrogen-bond acceptors (Lipinski definition) is 4. The number of nitrogens with zero attached hydrogens (tertiary/aromatic N) is 2. The molecule has 26 heavy (non-hydrogen) atoms. The third kappa shape index (κ3) is 4.99. The fourth-order valence-electron chi connectivity index (χ4n) is 2.41. The maximum absolute atomic E-state index is 12.6. The topological polar surface area (TPSA) is 92.5 Å². The molecule has 140 valence electrons. The fraction of sp³-hybridized carbons (Fsp3) is 0.412. The Balaban J connectivity index is 2.15. The molecule has 0 saturated heterocycles. The van der Waals surface area contributed by atoms with Crippen LogP contribution < -0.4 is 26.6 Å². The molecule has 0 aliphatic rings. The molecule has 0 fully saturated rings. The first-order valence-corrected chi connectivity index (χ1v) is 8.98. The second-order valence-corrected chi connectivity index (χ2v) is 6.62. The van der Waals surface area contributed by atoms with Crippen LogP contribution in [-0.4, -0.2) is 48.0 Å². The molecule has 1 aromatic carbocycles. The molecule has 0 atom stereocenters. The van der Waals surface area contributed by atoms with Crippen LogP contribution in [0, 0.1) is 0 Å². The van der Waals surface area contributed by atoms with E-state index in [1.54, 1.807) is 24.3 Å². The van der Waals surface area contributed by atoms with Gasteiger partial charge in [-0.15, -0.1) is 0 Å². The van der Waals surface area contributed by atoms with E-state index in [2.05, 4.69) is 21.3 Å². The summed E-state index contributed by atoms with van der Waals surface area (Å²) in [6.45, 7) is 3.98. The van der Waals surface area contributed by atoms with E-state index in [0.717, 1.165) is 13.0 Å². The van der Waals surface area contributed by atoms with Gasteiger partial charge in [0, 0.05) is 11.9 Å². The van der Waals surface area contributed by atoms with E-state index in [1.807, 2.05) is 21.0 Å². The predicted molar refractivity (Wildman–Crippen MR) is 105 cm³/mol. The van der Waals surface area contributed by atoms with Crippen LogP contribution in [0.5, 0.6) is 0 Å². The van der Waals surface area contributed by atoms with Crippen molar-refractivity contribution in [1.29, 1.82) is 0 Å². The smallest absolute Gasteiger partial charge is 0.290 e. The number of benzene rings is 1. The largest absolute Gasteiger partial charge is 0.356 e. The van der Waals surface area contributed by atoms with Gasteiger partial charge in [-0.3, -0.25) is 20.4 Å². The van der Waals surface area contributed by atoms with E-state index >= 15 is 0 Å². The van der Waals surface area contributed by atoms with Crippen LogP contribution in [0.2, 0.25) is 0 Å². The van der Waals surface area contributed by atoms with E-state index in [9.17, 15) is 9.59 Å². The van der Waals surface area contributed by atoms with Crippen LogP contribution in [-0.2, 0) is 6.54 Å². The number of carbonyl (C=O) groups excluding carboxylic acids is 1. The summed E-state index contributed by atoms with van der Waals surface area (Å²) in [5.74, 6) is -0.451. The number of hydrazine groups is 1. The summed E-state index contributed by atoms with van der Waals surface area (Å²) < 4.78 is 1.33. The maximum Gasteiger partial charge on any atom is 0.290 e. The molecule has 1 aromatic heterocycles. The lowest BCUT2D eigenvalue weighted by Gasteiger charge is -2.14. The number of likely N-dealkylation sites (N-methyl/N-ethyl adjacent to an activating group) is 1. The molecule has 2 aromatic rings. The number of fused-ring (bicyclic) bond motifs is 1. The molecule has 0 aliphatic carbocycles. The Hall–Kier alpha value is -2.52. The van der Waals surface area contributed by atoms with Crippen molar-refractivity contribution in [1.82, 2.24) is 25.9 Å². The van der Waals surface area contributed by atoms with E-state index in [0.29, 0.717) is 29.0 Å². The summed E-state index contributed by atoms with van der Waals surface area (Å²) in [6, 6.07) is 6.95. The van der Waals surface area contributed by atoms with Gasteiger partial charge >= 0.3 is 0 Å². The highest BCUT2D eigenvalue weighted by atomic mass is 32.1. The van der Waals surface area contributed by atoms with Crippen molar-refractivity contribution in [2.75, 3.05) is 27.2 Å². The zero-order chi connectivity index (χ0) is 19.1. The Labute approximate surface area is 157 Å². The molecular weight excluding hydrogens is 352 g/mol. The number of quaternary nitrogens is 1. The molecule has 1 heterocycles. The Morgan fingerprint density at radius 2 is 1.92 bits per heavy atom. The Bertz CT molecular complexity index is 849. The minimum Gasteiger partial charge on any atom is -0.356 e. The first-order chi connectivity index (χ1) is 12.4. The number of rotatable bonds is 6. The number of amides is 1. The minimum atomic E-state index is -0.451. The van der Waals surface area contributed by atoms with Crippen LogP contribution in [0.4, 0.5) is 0 Å². The van der Waals surface area contributed by atoms with Crippen molar-refractivity contribution < 1.29 is 9.69 Å². The first-order valence-electron chi connectivity index (χ1n) is 8.57. The third-order valence-electron chi connectivity index (χ3n) is 3.72. The molecule has 4 N–H and O–H groups in total. The van der Waals surface area contributed by atoms with Gasteiger partial charge in [0.05, 0.1) is 32.6 Å². The predicted octanol–water partition coefficient (Wildman–Crippen LogP) is -0.940. The molecule has 0 radical (unpaired) electrons. The van der Waals surface area contributed by atoms with Crippen LogP contribution in [0.1, 0.15) is 23.8 Å². The van der Waals surface area contributed by atoms with Gasteiger partial charge in [0.25, 0.3) is 11.5 Å². The number of carbonyl (C=O) groups is 1. The van der Waals surface area contributed by atoms with E-state index in [4.69, 9.17) is 12.2 Å². The van der Waals surface area contributed by atoms with Crippen LogP contribution in [0.15, 0.2) is 29.1 Å². The van der Waals surface area contributed by atoms with Crippen molar-refractivity contribution in [3.63, 3.8) is 0 Å². The average molecular weight is 377 g/mol. The van der Waals surface area contributed by atoms with Crippen LogP contribution in [0.3, 0.4) is 0 Å². The van der Waals surface area contributed by atoms with Crippen molar-refractivity contribution in [3.05, 3.63) is 40.3 Å². The van der Waals surface area contributed by atoms with Crippen molar-refractivity contribution in [2.24, 2.45) is 0 Å².